The second-order valence-electron chi connectivity index (χ2n) is 7.93. The van der Waals surface area contributed by atoms with Crippen LogP contribution in [-0.4, -0.2) is 50.0 Å². The normalized spacial score (nSPS) is 14.6. The van der Waals surface area contributed by atoms with Gasteiger partial charge in [0, 0.05) is 13.0 Å². The first-order valence-corrected chi connectivity index (χ1v) is 11.1. The molecule has 1 amide bonds. The van der Waals surface area contributed by atoms with Crippen LogP contribution in [0.4, 0.5) is 0 Å². The molecule has 1 heterocycles. The fraction of sp³-hybridized carbons (Fsp3) is 0.259. The summed E-state index contributed by atoms with van der Waals surface area (Å²) in [4.78, 5) is 20.6. The highest BCUT2D eigenvalue weighted by Crippen LogP contribution is 2.22. The molecule has 0 spiro atoms. The Morgan fingerprint density at radius 2 is 1.68 bits per heavy atom. The van der Waals surface area contributed by atoms with Gasteiger partial charge in [-0.2, -0.15) is 0 Å². The number of para-hydroxylation sites is 1. The Bertz CT molecular complexity index is 1120. The lowest BCUT2D eigenvalue weighted by molar-refractivity contribution is -0.135. The molecular formula is C27H28N2O5. The lowest BCUT2D eigenvalue weighted by atomic mass is 10.0. The molecule has 1 atom stereocenters. The second-order valence-corrected chi connectivity index (χ2v) is 7.93. The molecule has 34 heavy (non-hydrogen) atoms. The summed E-state index contributed by atoms with van der Waals surface area (Å²) in [6, 6.07) is 24.7. The average molecular weight is 461 g/mol. The Hall–Kier alpha value is -4.00. The van der Waals surface area contributed by atoms with Crippen molar-refractivity contribution in [2.75, 3.05) is 27.4 Å². The molecule has 0 aromatic heterocycles. The Kier molecular flexibility index (Phi) is 7.65. The summed E-state index contributed by atoms with van der Waals surface area (Å²) in [5, 5.41) is 4.27. The van der Waals surface area contributed by atoms with E-state index in [0.717, 1.165) is 28.3 Å². The van der Waals surface area contributed by atoms with Gasteiger partial charge in [0.25, 0.3) is 5.91 Å². The average Bonchev–Trinajstić information content (AvgIpc) is 3.36. The lowest BCUT2D eigenvalue weighted by Crippen LogP contribution is -2.40. The number of carbonyl (C=O) groups excluding carboxylic acids is 1. The summed E-state index contributed by atoms with van der Waals surface area (Å²) < 4.78 is 16.3. The molecule has 1 aliphatic rings. The van der Waals surface area contributed by atoms with E-state index in [9.17, 15) is 4.79 Å². The lowest BCUT2D eigenvalue weighted by Gasteiger charge is -2.25. The molecule has 1 unspecified atom stereocenters. The number of oxime groups is 1. The summed E-state index contributed by atoms with van der Waals surface area (Å²) in [6.07, 6.45) is 0.358. The largest absolute Gasteiger partial charge is 0.497 e. The molecule has 1 aliphatic heterocycles. The van der Waals surface area contributed by atoms with Crippen LogP contribution < -0.4 is 14.2 Å². The minimum Gasteiger partial charge on any atom is -0.497 e. The van der Waals surface area contributed by atoms with Crippen molar-refractivity contribution < 1.29 is 23.8 Å². The van der Waals surface area contributed by atoms with E-state index >= 15 is 0 Å². The minimum absolute atomic E-state index is 0.0626. The maximum Gasteiger partial charge on any atom is 0.260 e. The molecule has 176 valence electrons. The molecule has 0 bridgehead atoms. The number of methoxy groups -OCH3 is 2. The highest BCUT2D eigenvalue weighted by molar-refractivity contribution is 6.01. The van der Waals surface area contributed by atoms with Crippen LogP contribution in [0.1, 0.15) is 17.5 Å². The molecule has 0 radical (unpaired) electrons. The third kappa shape index (κ3) is 6.07. The number of amides is 1. The van der Waals surface area contributed by atoms with Crippen molar-refractivity contribution in [2.24, 2.45) is 5.16 Å². The van der Waals surface area contributed by atoms with Crippen LogP contribution in [0.5, 0.6) is 17.2 Å². The quantitative estimate of drug-likeness (QED) is 0.451. The van der Waals surface area contributed by atoms with Gasteiger partial charge in [-0.15, -0.1) is 0 Å². The molecule has 3 aromatic rings. The molecule has 3 aromatic carbocycles. The van der Waals surface area contributed by atoms with E-state index in [4.69, 9.17) is 19.0 Å². The molecule has 4 rings (SSSR count). The number of rotatable bonds is 10. The summed E-state index contributed by atoms with van der Waals surface area (Å²) in [6.45, 7) is 0.732. The predicted molar refractivity (Wildman–Crippen MR) is 129 cm³/mol. The maximum absolute atomic E-state index is 13.1. The van der Waals surface area contributed by atoms with E-state index in [1.165, 1.54) is 0 Å². The van der Waals surface area contributed by atoms with E-state index in [1.807, 2.05) is 78.9 Å². The fourth-order valence-electron chi connectivity index (χ4n) is 3.72. The minimum atomic E-state index is -0.247. The van der Waals surface area contributed by atoms with Crippen molar-refractivity contribution >= 4 is 11.6 Å². The van der Waals surface area contributed by atoms with Crippen molar-refractivity contribution in [2.45, 2.75) is 19.1 Å². The molecule has 0 saturated heterocycles. The van der Waals surface area contributed by atoms with Crippen molar-refractivity contribution in [3.8, 4) is 17.2 Å². The van der Waals surface area contributed by atoms with Crippen molar-refractivity contribution in [3.63, 3.8) is 0 Å². The van der Waals surface area contributed by atoms with Gasteiger partial charge >= 0.3 is 0 Å². The van der Waals surface area contributed by atoms with Crippen molar-refractivity contribution in [1.29, 1.82) is 0 Å². The van der Waals surface area contributed by atoms with Gasteiger partial charge < -0.3 is 23.9 Å². The topological polar surface area (TPSA) is 69.6 Å². The van der Waals surface area contributed by atoms with Crippen LogP contribution in [0.25, 0.3) is 0 Å². The van der Waals surface area contributed by atoms with Gasteiger partial charge in [0.2, 0.25) is 0 Å². The second kappa shape index (κ2) is 11.2. The van der Waals surface area contributed by atoms with E-state index in [1.54, 1.807) is 19.1 Å². The monoisotopic (exact) mass is 460 g/mol. The van der Waals surface area contributed by atoms with Gasteiger partial charge in [-0.3, -0.25) is 4.79 Å². The van der Waals surface area contributed by atoms with Gasteiger partial charge in [-0.25, -0.2) is 0 Å². The SMILES string of the molecule is COc1ccc(C2=NOC(CN(Cc3cccc(OC)c3)C(=O)COc3ccccc3)C2)cc1. The first-order valence-electron chi connectivity index (χ1n) is 11.1. The number of nitrogens with zero attached hydrogens (tertiary/aromatic N) is 2. The van der Waals surface area contributed by atoms with Crippen LogP contribution in [0, 0.1) is 0 Å². The van der Waals surface area contributed by atoms with Crippen LogP contribution in [0.15, 0.2) is 84.0 Å². The van der Waals surface area contributed by atoms with Crippen molar-refractivity contribution in [3.05, 3.63) is 90.0 Å². The Balaban J connectivity index is 1.43. The smallest absolute Gasteiger partial charge is 0.260 e. The van der Waals surface area contributed by atoms with Crippen LogP contribution in [0.3, 0.4) is 0 Å². The molecule has 7 nitrogen and oxygen atoms in total. The third-order valence-electron chi connectivity index (χ3n) is 5.55. The van der Waals surface area contributed by atoms with E-state index in [-0.39, 0.29) is 18.6 Å². The Morgan fingerprint density at radius 3 is 2.41 bits per heavy atom. The zero-order valence-electron chi connectivity index (χ0n) is 19.3. The summed E-state index contributed by atoms with van der Waals surface area (Å²) >= 11 is 0. The maximum atomic E-state index is 13.1. The number of hydrogen-bond acceptors (Lipinski definition) is 6. The van der Waals surface area contributed by atoms with Gasteiger partial charge in [0.1, 0.15) is 17.2 Å². The van der Waals surface area contributed by atoms with Crippen molar-refractivity contribution in [1.82, 2.24) is 4.90 Å². The summed E-state index contributed by atoms with van der Waals surface area (Å²) in [7, 11) is 3.26. The summed E-state index contributed by atoms with van der Waals surface area (Å²) in [5.74, 6) is 2.05. The fourth-order valence-corrected chi connectivity index (χ4v) is 3.72. The molecule has 0 aliphatic carbocycles. The molecule has 0 N–H and O–H groups in total. The molecular weight excluding hydrogens is 432 g/mol. The number of carbonyl (C=O) groups is 1. The van der Waals surface area contributed by atoms with Gasteiger partial charge in [0.15, 0.2) is 12.7 Å². The number of hydrogen-bond donors (Lipinski definition) is 0. The zero-order valence-corrected chi connectivity index (χ0v) is 19.3. The zero-order chi connectivity index (χ0) is 23.8. The first kappa shape index (κ1) is 23.2. The highest BCUT2D eigenvalue weighted by atomic mass is 16.6. The van der Waals surface area contributed by atoms with E-state index < -0.39 is 0 Å². The van der Waals surface area contributed by atoms with E-state index in [2.05, 4.69) is 5.16 Å². The van der Waals surface area contributed by atoms with E-state index in [0.29, 0.717) is 25.3 Å². The molecule has 0 fully saturated rings. The first-order chi connectivity index (χ1) is 16.6. The highest BCUT2D eigenvalue weighted by Gasteiger charge is 2.27. The Morgan fingerprint density at radius 1 is 0.941 bits per heavy atom. The molecule has 0 saturated carbocycles. The van der Waals surface area contributed by atoms with Gasteiger partial charge in [-0.05, 0) is 59.7 Å². The number of ether oxygens (including phenoxy) is 3. The Labute approximate surface area is 199 Å². The van der Waals surface area contributed by atoms with Gasteiger partial charge in [-0.1, -0.05) is 35.5 Å². The number of benzene rings is 3. The molecule has 7 heteroatoms. The van der Waals surface area contributed by atoms with Crippen LogP contribution in [0.2, 0.25) is 0 Å². The van der Waals surface area contributed by atoms with Gasteiger partial charge in [0.05, 0.1) is 26.5 Å². The van der Waals surface area contributed by atoms with Crippen LogP contribution in [-0.2, 0) is 16.2 Å². The van der Waals surface area contributed by atoms with Crippen LogP contribution >= 0.6 is 0 Å². The standard InChI is InChI=1S/C27H28N2O5/c1-31-22-13-11-21(12-14-22)26-16-25(34-28-26)18-29(17-20-7-6-10-24(15-20)32-2)27(30)19-33-23-8-4-3-5-9-23/h3-15,25H,16-19H2,1-2H3. The summed E-state index contributed by atoms with van der Waals surface area (Å²) in [5.41, 5.74) is 2.78. The predicted octanol–water partition coefficient (Wildman–Crippen LogP) is 4.30. The third-order valence-corrected chi connectivity index (χ3v) is 5.55.